The van der Waals surface area contributed by atoms with Gasteiger partial charge in [0.05, 0.1) is 14.2 Å². The lowest BCUT2D eigenvalue weighted by Crippen LogP contribution is -2.11. The first-order valence-corrected chi connectivity index (χ1v) is 7.70. The number of methoxy groups -OCH3 is 2. The van der Waals surface area contributed by atoms with Crippen molar-refractivity contribution in [2.45, 2.75) is 57.9 Å². The second-order valence-corrected chi connectivity index (χ2v) is 5.27. The van der Waals surface area contributed by atoms with E-state index in [9.17, 15) is 0 Å². The zero-order valence-corrected chi connectivity index (χ0v) is 13.2. The third kappa shape index (κ3) is 5.41. The summed E-state index contributed by atoms with van der Waals surface area (Å²) in [6.07, 6.45) is 8.72. The Bertz CT molecular complexity index is 379. The van der Waals surface area contributed by atoms with Gasteiger partial charge in [-0.05, 0) is 24.6 Å². The number of hydrogen-bond acceptors (Lipinski definition) is 3. The normalized spacial score (nSPS) is 12.2. The van der Waals surface area contributed by atoms with E-state index in [1.807, 2.05) is 18.2 Å². The van der Waals surface area contributed by atoms with E-state index in [1.165, 1.54) is 38.5 Å². The molecule has 0 aliphatic carbocycles. The summed E-state index contributed by atoms with van der Waals surface area (Å²) in [5.74, 6) is 1.68. The predicted molar refractivity (Wildman–Crippen MR) is 84.5 cm³/mol. The van der Waals surface area contributed by atoms with E-state index in [2.05, 4.69) is 6.92 Å². The molecule has 0 saturated carbocycles. The molecule has 3 nitrogen and oxygen atoms in total. The molecule has 0 amide bonds. The molecule has 0 radical (unpaired) electrons. The van der Waals surface area contributed by atoms with Gasteiger partial charge in [-0.15, -0.1) is 0 Å². The van der Waals surface area contributed by atoms with Crippen molar-refractivity contribution in [2.24, 2.45) is 5.73 Å². The summed E-state index contributed by atoms with van der Waals surface area (Å²) >= 11 is 0. The smallest absolute Gasteiger partial charge is 0.123 e. The summed E-state index contributed by atoms with van der Waals surface area (Å²) in [5.41, 5.74) is 7.34. The van der Waals surface area contributed by atoms with Crippen LogP contribution < -0.4 is 15.2 Å². The number of rotatable bonds is 10. The molecule has 1 aromatic rings. The first-order chi connectivity index (χ1) is 9.72. The fraction of sp³-hybridized carbons (Fsp3) is 0.647. The molecule has 3 heteroatoms. The van der Waals surface area contributed by atoms with Gasteiger partial charge in [-0.2, -0.15) is 0 Å². The average Bonchev–Trinajstić information content (AvgIpc) is 2.49. The number of nitrogens with two attached hydrogens (primary N) is 1. The molecule has 0 heterocycles. The number of benzene rings is 1. The van der Waals surface area contributed by atoms with Gasteiger partial charge in [0.1, 0.15) is 11.5 Å². The Hall–Kier alpha value is -1.22. The van der Waals surface area contributed by atoms with Crippen molar-refractivity contribution in [3.8, 4) is 11.5 Å². The van der Waals surface area contributed by atoms with Crippen molar-refractivity contribution >= 4 is 0 Å². The summed E-state index contributed by atoms with van der Waals surface area (Å²) in [6.45, 7) is 2.24. The molecule has 0 saturated heterocycles. The molecule has 0 fully saturated rings. The molecular formula is C17H29NO2. The predicted octanol–water partition coefficient (Wildman–Crippen LogP) is 4.45. The highest BCUT2D eigenvalue weighted by Crippen LogP contribution is 2.30. The molecule has 0 spiro atoms. The molecule has 1 aromatic carbocycles. The largest absolute Gasteiger partial charge is 0.497 e. The molecule has 1 unspecified atom stereocenters. The van der Waals surface area contributed by atoms with Gasteiger partial charge in [0.25, 0.3) is 0 Å². The lowest BCUT2D eigenvalue weighted by atomic mass is 9.99. The van der Waals surface area contributed by atoms with Crippen LogP contribution in [0, 0.1) is 0 Å². The monoisotopic (exact) mass is 279 g/mol. The second-order valence-electron chi connectivity index (χ2n) is 5.27. The summed E-state index contributed by atoms with van der Waals surface area (Å²) in [7, 11) is 3.35. The van der Waals surface area contributed by atoms with E-state index in [0.717, 1.165) is 23.5 Å². The number of ether oxygens (including phenoxy) is 2. The van der Waals surface area contributed by atoms with Crippen LogP contribution in [-0.4, -0.2) is 14.2 Å². The van der Waals surface area contributed by atoms with Crippen LogP contribution in [0.4, 0.5) is 0 Å². The van der Waals surface area contributed by atoms with E-state index < -0.39 is 0 Å². The molecular weight excluding hydrogens is 250 g/mol. The summed E-state index contributed by atoms with van der Waals surface area (Å²) in [4.78, 5) is 0. The minimum Gasteiger partial charge on any atom is -0.497 e. The van der Waals surface area contributed by atoms with E-state index >= 15 is 0 Å². The van der Waals surface area contributed by atoms with Gasteiger partial charge in [-0.1, -0.05) is 45.4 Å². The maximum Gasteiger partial charge on any atom is 0.123 e. The maximum atomic E-state index is 6.30. The highest BCUT2D eigenvalue weighted by Gasteiger charge is 2.12. The molecule has 0 aromatic heterocycles. The Morgan fingerprint density at radius 1 is 1.00 bits per heavy atom. The number of hydrogen-bond donors (Lipinski definition) is 1. The lowest BCUT2D eigenvalue weighted by molar-refractivity contribution is 0.393. The Labute approximate surface area is 123 Å². The van der Waals surface area contributed by atoms with Crippen LogP contribution in [0.2, 0.25) is 0 Å². The van der Waals surface area contributed by atoms with Crippen LogP contribution in [0.15, 0.2) is 18.2 Å². The Morgan fingerprint density at radius 2 is 1.70 bits per heavy atom. The Morgan fingerprint density at radius 3 is 2.35 bits per heavy atom. The minimum atomic E-state index is 0.0197. The molecule has 0 aliphatic rings. The zero-order chi connectivity index (χ0) is 14.8. The van der Waals surface area contributed by atoms with Crippen LogP contribution in [-0.2, 0) is 0 Å². The van der Waals surface area contributed by atoms with Gasteiger partial charge in [0.2, 0.25) is 0 Å². The van der Waals surface area contributed by atoms with Crippen molar-refractivity contribution in [3.05, 3.63) is 23.8 Å². The number of unbranched alkanes of at least 4 members (excludes halogenated alkanes) is 5. The SMILES string of the molecule is CCCCCCCCC(N)c1cc(OC)ccc1OC. The first-order valence-electron chi connectivity index (χ1n) is 7.70. The Balaban J connectivity index is 2.47. The van der Waals surface area contributed by atoms with Crippen LogP contribution in [0.5, 0.6) is 11.5 Å². The molecule has 1 atom stereocenters. The molecule has 114 valence electrons. The van der Waals surface area contributed by atoms with Crippen molar-refractivity contribution in [3.63, 3.8) is 0 Å². The van der Waals surface area contributed by atoms with Crippen LogP contribution in [0.25, 0.3) is 0 Å². The van der Waals surface area contributed by atoms with E-state index in [1.54, 1.807) is 14.2 Å². The van der Waals surface area contributed by atoms with Gasteiger partial charge in [0.15, 0.2) is 0 Å². The van der Waals surface area contributed by atoms with Crippen LogP contribution in [0.3, 0.4) is 0 Å². The Kier molecular flexibility index (Phi) is 8.12. The van der Waals surface area contributed by atoms with Crippen LogP contribution in [0.1, 0.15) is 63.5 Å². The van der Waals surface area contributed by atoms with E-state index in [-0.39, 0.29) is 6.04 Å². The maximum absolute atomic E-state index is 6.30. The highest BCUT2D eigenvalue weighted by molar-refractivity contribution is 5.42. The quantitative estimate of drug-likeness (QED) is 0.643. The zero-order valence-electron chi connectivity index (χ0n) is 13.2. The molecule has 2 N–H and O–H groups in total. The molecule has 1 rings (SSSR count). The summed E-state index contributed by atoms with van der Waals surface area (Å²) in [5, 5.41) is 0. The van der Waals surface area contributed by atoms with Gasteiger partial charge in [-0.3, -0.25) is 0 Å². The first kappa shape index (κ1) is 16.8. The minimum absolute atomic E-state index is 0.0197. The standard InChI is InChI=1S/C17H29NO2/c1-4-5-6-7-8-9-10-16(18)15-13-14(19-2)11-12-17(15)20-3/h11-13,16H,4-10,18H2,1-3H3. The lowest BCUT2D eigenvalue weighted by Gasteiger charge is -2.16. The topological polar surface area (TPSA) is 44.5 Å². The molecule has 20 heavy (non-hydrogen) atoms. The van der Waals surface area contributed by atoms with Crippen LogP contribution >= 0.6 is 0 Å². The average molecular weight is 279 g/mol. The fourth-order valence-corrected chi connectivity index (χ4v) is 2.43. The van der Waals surface area contributed by atoms with Crippen molar-refractivity contribution in [2.75, 3.05) is 14.2 Å². The van der Waals surface area contributed by atoms with Crippen molar-refractivity contribution in [1.29, 1.82) is 0 Å². The second kappa shape index (κ2) is 9.65. The van der Waals surface area contributed by atoms with Crippen molar-refractivity contribution < 1.29 is 9.47 Å². The molecule has 0 aliphatic heterocycles. The fourth-order valence-electron chi connectivity index (χ4n) is 2.43. The van der Waals surface area contributed by atoms with Crippen molar-refractivity contribution in [1.82, 2.24) is 0 Å². The van der Waals surface area contributed by atoms with E-state index in [0.29, 0.717) is 0 Å². The van der Waals surface area contributed by atoms with Gasteiger partial charge in [-0.25, -0.2) is 0 Å². The third-order valence-corrected chi connectivity index (χ3v) is 3.71. The molecule has 0 bridgehead atoms. The third-order valence-electron chi connectivity index (χ3n) is 3.71. The summed E-state index contributed by atoms with van der Waals surface area (Å²) in [6, 6.07) is 5.83. The van der Waals surface area contributed by atoms with Gasteiger partial charge < -0.3 is 15.2 Å². The van der Waals surface area contributed by atoms with Gasteiger partial charge in [0, 0.05) is 11.6 Å². The van der Waals surface area contributed by atoms with E-state index in [4.69, 9.17) is 15.2 Å². The highest BCUT2D eigenvalue weighted by atomic mass is 16.5. The summed E-state index contributed by atoms with van der Waals surface area (Å²) < 4.78 is 10.7. The van der Waals surface area contributed by atoms with Gasteiger partial charge >= 0.3 is 0 Å².